The van der Waals surface area contributed by atoms with Crippen LogP contribution in [-0.4, -0.2) is 70.3 Å². The maximum absolute atomic E-state index is 13.8. The number of rotatable bonds is 22. The molecule has 1 amide bonds. The summed E-state index contributed by atoms with van der Waals surface area (Å²) in [7, 11) is 0. The Morgan fingerprint density at radius 1 is 0.827 bits per heavy atom. The summed E-state index contributed by atoms with van der Waals surface area (Å²) in [4.78, 5) is 53.3. The third-order valence-electron chi connectivity index (χ3n) is 9.18. The second-order valence-electron chi connectivity index (χ2n) is 14.2. The van der Waals surface area contributed by atoms with E-state index in [1.54, 1.807) is 9.58 Å². The normalized spacial score (nSPS) is 12.9. The number of para-hydroxylation sites is 1. The highest BCUT2D eigenvalue weighted by molar-refractivity contribution is 6.01. The molecule has 2 heterocycles. The fraction of sp³-hybridized carbons (Fsp3) is 0.561. The Kier molecular flexibility index (Phi) is 16.2. The van der Waals surface area contributed by atoms with Crippen LogP contribution >= 0.6 is 0 Å². The number of hydrogen-bond donors (Lipinski definition) is 1. The lowest BCUT2D eigenvalue weighted by Crippen LogP contribution is -2.42. The Morgan fingerprint density at radius 3 is 2.33 bits per heavy atom. The molecule has 1 atom stereocenters. The highest BCUT2D eigenvalue weighted by Crippen LogP contribution is 2.41. The van der Waals surface area contributed by atoms with Gasteiger partial charge in [0.05, 0.1) is 30.5 Å². The number of nitrogens with zero attached hydrogens (tertiary/aromatic N) is 4. The minimum Gasteiger partial charge on any atom is -0.464 e. The fourth-order valence-electron chi connectivity index (χ4n) is 6.54. The SMILES string of the molecule is CCCOCCCC(=O)CCC(=O)N1Cc2ccccc2-c2c(nnn2CCOC(=O)CCCCCC(NC(C)C)C(=O)C(C)C)-c2ccccc21. The largest absolute Gasteiger partial charge is 0.464 e. The number of unbranched alkanes of at least 4 members (excludes halogenated alkanes) is 2. The van der Waals surface area contributed by atoms with Crippen molar-refractivity contribution in [2.24, 2.45) is 5.92 Å². The summed E-state index contributed by atoms with van der Waals surface area (Å²) < 4.78 is 12.9. The Bertz CT molecular complexity index is 1630. The second kappa shape index (κ2) is 20.7. The third-order valence-corrected chi connectivity index (χ3v) is 9.18. The summed E-state index contributed by atoms with van der Waals surface area (Å²) in [5.41, 5.74) is 4.73. The van der Waals surface area contributed by atoms with Gasteiger partial charge in [0.15, 0.2) is 5.78 Å². The Morgan fingerprint density at radius 2 is 1.58 bits per heavy atom. The number of carbonyl (C=O) groups is 4. The molecular formula is C41H57N5O6. The summed E-state index contributed by atoms with van der Waals surface area (Å²) in [6, 6.07) is 15.6. The number of fused-ring (bicyclic) bond motifs is 5. The topological polar surface area (TPSA) is 133 Å². The lowest BCUT2D eigenvalue weighted by atomic mass is 9.95. The smallest absolute Gasteiger partial charge is 0.305 e. The Balaban J connectivity index is 1.38. The number of esters is 1. The number of carbonyl (C=O) groups excluding carboxylic acids is 4. The van der Waals surface area contributed by atoms with Crippen LogP contribution in [0.15, 0.2) is 48.5 Å². The molecule has 0 radical (unpaired) electrons. The molecule has 0 aliphatic carbocycles. The second-order valence-corrected chi connectivity index (χ2v) is 14.2. The van der Waals surface area contributed by atoms with Crippen LogP contribution in [0.2, 0.25) is 0 Å². The molecule has 4 rings (SSSR count). The van der Waals surface area contributed by atoms with E-state index in [2.05, 4.69) is 15.6 Å². The minimum atomic E-state index is -0.263. The monoisotopic (exact) mass is 715 g/mol. The predicted molar refractivity (Wildman–Crippen MR) is 203 cm³/mol. The van der Waals surface area contributed by atoms with Gasteiger partial charge in [0.1, 0.15) is 18.1 Å². The highest BCUT2D eigenvalue weighted by Gasteiger charge is 2.29. The summed E-state index contributed by atoms with van der Waals surface area (Å²) in [6.45, 7) is 12.0. The molecule has 1 aromatic heterocycles. The average Bonchev–Trinajstić information content (AvgIpc) is 3.54. The highest BCUT2D eigenvalue weighted by atomic mass is 16.5. The molecule has 11 nitrogen and oxygen atoms in total. The van der Waals surface area contributed by atoms with Crippen LogP contribution in [0.25, 0.3) is 22.5 Å². The summed E-state index contributed by atoms with van der Waals surface area (Å²) in [5.74, 6) is -0.118. The lowest BCUT2D eigenvalue weighted by Gasteiger charge is -2.28. The fourth-order valence-corrected chi connectivity index (χ4v) is 6.54. The van der Waals surface area contributed by atoms with Gasteiger partial charge in [-0.05, 0) is 37.3 Å². The molecule has 0 saturated heterocycles. The Hall–Kier alpha value is -4.22. The summed E-state index contributed by atoms with van der Waals surface area (Å²) in [5, 5.41) is 12.5. The van der Waals surface area contributed by atoms with Crippen molar-refractivity contribution < 1.29 is 28.7 Å². The lowest BCUT2D eigenvalue weighted by molar-refractivity contribution is -0.144. The van der Waals surface area contributed by atoms with Crippen LogP contribution in [0, 0.1) is 5.92 Å². The van der Waals surface area contributed by atoms with Crippen molar-refractivity contribution in [3.8, 4) is 22.5 Å². The van der Waals surface area contributed by atoms with Gasteiger partial charge in [0.25, 0.3) is 0 Å². The van der Waals surface area contributed by atoms with E-state index < -0.39 is 0 Å². The number of nitrogens with one attached hydrogen (secondary N) is 1. The number of hydrogen-bond acceptors (Lipinski definition) is 9. The van der Waals surface area contributed by atoms with E-state index in [4.69, 9.17) is 9.47 Å². The van der Waals surface area contributed by atoms with E-state index in [0.29, 0.717) is 63.4 Å². The van der Waals surface area contributed by atoms with Crippen molar-refractivity contribution in [3.63, 3.8) is 0 Å². The first-order chi connectivity index (χ1) is 25.1. The minimum absolute atomic E-state index is 0.0167. The van der Waals surface area contributed by atoms with Crippen LogP contribution in [0.5, 0.6) is 0 Å². The number of amides is 1. The van der Waals surface area contributed by atoms with Gasteiger partial charge >= 0.3 is 5.97 Å². The number of ether oxygens (including phenoxy) is 2. The summed E-state index contributed by atoms with van der Waals surface area (Å²) >= 11 is 0. The molecule has 52 heavy (non-hydrogen) atoms. The van der Waals surface area contributed by atoms with Crippen molar-refractivity contribution in [2.75, 3.05) is 24.7 Å². The van der Waals surface area contributed by atoms with Gasteiger partial charge in [-0.3, -0.25) is 19.2 Å². The van der Waals surface area contributed by atoms with Crippen LogP contribution in [0.4, 0.5) is 5.69 Å². The number of ketones is 2. The molecule has 0 saturated carbocycles. The number of Topliss-reactive ketones (excluding diaryl/α,β-unsaturated/α-hetero) is 2. The van der Waals surface area contributed by atoms with Gasteiger partial charge in [0.2, 0.25) is 5.91 Å². The molecule has 2 aromatic carbocycles. The molecule has 1 N–H and O–H groups in total. The number of anilines is 1. The first-order valence-corrected chi connectivity index (χ1v) is 19.1. The van der Waals surface area contributed by atoms with Crippen molar-refractivity contribution in [2.45, 2.75) is 124 Å². The standard InChI is InChI=1S/C41H57N5O6/c1-6-25-51-26-14-16-32(47)22-23-37(48)45-28-31-15-10-11-17-33(31)40-39(34-18-12-13-20-36(34)45)43-44-46(40)24-27-52-38(49)21-9-7-8-19-35(42-30(4)5)41(50)29(2)3/h10-13,15,17-18,20,29-30,35,42H,6-9,14,16,19,21-28H2,1-5H3. The first-order valence-electron chi connectivity index (χ1n) is 19.1. The first kappa shape index (κ1) is 40.5. The van der Waals surface area contributed by atoms with E-state index in [0.717, 1.165) is 48.1 Å². The zero-order valence-electron chi connectivity index (χ0n) is 31.7. The zero-order valence-corrected chi connectivity index (χ0v) is 31.7. The van der Waals surface area contributed by atoms with E-state index in [9.17, 15) is 19.2 Å². The van der Waals surface area contributed by atoms with Crippen molar-refractivity contribution in [3.05, 3.63) is 54.1 Å². The van der Waals surface area contributed by atoms with Gasteiger partial charge < -0.3 is 19.7 Å². The van der Waals surface area contributed by atoms with E-state index in [1.807, 2.05) is 83.1 Å². The van der Waals surface area contributed by atoms with Crippen LogP contribution in [0.3, 0.4) is 0 Å². The molecule has 3 aromatic rings. The third kappa shape index (κ3) is 11.6. The quantitative estimate of drug-likeness (QED) is 0.0855. The number of benzene rings is 2. The molecule has 0 bridgehead atoms. The van der Waals surface area contributed by atoms with Crippen molar-refractivity contribution in [1.29, 1.82) is 0 Å². The van der Waals surface area contributed by atoms with Gasteiger partial charge in [-0.15, -0.1) is 5.10 Å². The van der Waals surface area contributed by atoms with Gasteiger partial charge in [-0.2, -0.15) is 0 Å². The predicted octanol–water partition coefficient (Wildman–Crippen LogP) is 7.10. The summed E-state index contributed by atoms with van der Waals surface area (Å²) in [6.07, 6.45) is 5.77. The van der Waals surface area contributed by atoms with E-state index in [1.165, 1.54) is 0 Å². The number of aromatic nitrogens is 3. The maximum Gasteiger partial charge on any atom is 0.305 e. The van der Waals surface area contributed by atoms with Crippen LogP contribution < -0.4 is 10.2 Å². The van der Waals surface area contributed by atoms with E-state index in [-0.39, 0.29) is 60.9 Å². The molecule has 0 fully saturated rings. The van der Waals surface area contributed by atoms with Crippen LogP contribution in [-0.2, 0) is 41.7 Å². The van der Waals surface area contributed by atoms with Crippen molar-refractivity contribution in [1.82, 2.24) is 20.3 Å². The molecular weight excluding hydrogens is 658 g/mol. The Labute approximate surface area is 308 Å². The molecule has 1 unspecified atom stereocenters. The van der Waals surface area contributed by atoms with Crippen LogP contribution in [0.1, 0.15) is 104 Å². The van der Waals surface area contributed by atoms with Crippen molar-refractivity contribution >= 4 is 29.1 Å². The molecule has 1 aliphatic rings. The average molecular weight is 716 g/mol. The zero-order chi connectivity index (χ0) is 37.5. The van der Waals surface area contributed by atoms with Gasteiger partial charge in [0, 0.05) is 62.0 Å². The van der Waals surface area contributed by atoms with Gasteiger partial charge in [-0.1, -0.05) is 95.1 Å². The molecule has 282 valence electrons. The molecule has 11 heteroatoms. The molecule has 1 aliphatic heterocycles. The molecule has 0 spiro atoms. The van der Waals surface area contributed by atoms with Gasteiger partial charge in [-0.25, -0.2) is 4.68 Å². The maximum atomic E-state index is 13.8. The van der Waals surface area contributed by atoms with E-state index >= 15 is 0 Å².